The number of hydrogen-bond donors (Lipinski definition) is 0. The minimum atomic E-state index is -0.376. The van der Waals surface area contributed by atoms with E-state index in [1.165, 1.54) is 31.7 Å². The highest BCUT2D eigenvalue weighted by molar-refractivity contribution is 5.30. The molecule has 132 valence electrons. The third-order valence-electron chi connectivity index (χ3n) is 5.95. The average Bonchev–Trinajstić information content (AvgIpc) is 3.35. The van der Waals surface area contributed by atoms with Crippen LogP contribution in [0.4, 0.5) is 10.3 Å². The number of piperidine rings is 1. The van der Waals surface area contributed by atoms with E-state index in [1.807, 2.05) is 0 Å². The van der Waals surface area contributed by atoms with Crippen LogP contribution in [0.25, 0.3) is 0 Å². The van der Waals surface area contributed by atoms with Crippen LogP contribution in [0.3, 0.4) is 0 Å². The van der Waals surface area contributed by atoms with Gasteiger partial charge in [-0.2, -0.15) is 0 Å². The zero-order chi connectivity index (χ0) is 16.6. The van der Waals surface area contributed by atoms with Crippen molar-refractivity contribution in [2.75, 3.05) is 44.8 Å². The Morgan fingerprint density at radius 2 is 1.92 bits per heavy atom. The maximum Gasteiger partial charge on any atom is 0.225 e. The van der Waals surface area contributed by atoms with Gasteiger partial charge in [0, 0.05) is 32.3 Å². The second kappa shape index (κ2) is 6.56. The van der Waals surface area contributed by atoms with Gasteiger partial charge < -0.3 is 14.5 Å². The van der Waals surface area contributed by atoms with E-state index >= 15 is 0 Å². The third kappa shape index (κ3) is 3.54. The summed E-state index contributed by atoms with van der Waals surface area (Å²) in [5.41, 5.74) is 0.402. The summed E-state index contributed by atoms with van der Waals surface area (Å²) in [4.78, 5) is 12.9. The van der Waals surface area contributed by atoms with Crippen LogP contribution in [0.2, 0.25) is 0 Å². The normalized spacial score (nSPS) is 27.1. The molecule has 24 heavy (non-hydrogen) atoms. The first-order valence-corrected chi connectivity index (χ1v) is 9.14. The van der Waals surface area contributed by atoms with Gasteiger partial charge in [-0.05, 0) is 50.5 Å². The second-order valence-corrected chi connectivity index (χ2v) is 7.94. The van der Waals surface area contributed by atoms with E-state index in [-0.39, 0.29) is 5.82 Å². The predicted molar refractivity (Wildman–Crippen MR) is 90.4 cm³/mol. The van der Waals surface area contributed by atoms with Crippen LogP contribution in [-0.4, -0.2) is 60.8 Å². The molecule has 0 bridgehead atoms. The van der Waals surface area contributed by atoms with E-state index in [0.717, 1.165) is 51.6 Å². The van der Waals surface area contributed by atoms with Crippen LogP contribution in [0.15, 0.2) is 12.4 Å². The molecule has 0 amide bonds. The number of hydrogen-bond acceptors (Lipinski definition) is 5. The van der Waals surface area contributed by atoms with Crippen LogP contribution in [0.1, 0.15) is 32.1 Å². The summed E-state index contributed by atoms with van der Waals surface area (Å²) in [6.07, 6.45) is 8.74. The number of anilines is 1. The highest BCUT2D eigenvalue weighted by Gasteiger charge is 2.44. The molecule has 3 heterocycles. The Balaban J connectivity index is 1.30. The summed E-state index contributed by atoms with van der Waals surface area (Å²) >= 11 is 0. The van der Waals surface area contributed by atoms with E-state index in [0.29, 0.717) is 17.4 Å². The number of likely N-dealkylation sites (tertiary alicyclic amines) is 1. The van der Waals surface area contributed by atoms with Gasteiger partial charge in [-0.15, -0.1) is 0 Å². The van der Waals surface area contributed by atoms with Gasteiger partial charge >= 0.3 is 0 Å². The molecule has 6 heteroatoms. The standard InChI is InChI=1S/C18H27FN4O/c1-22-13-18(8-16(22)12-24-11-14-2-3-14)4-6-23(7-5-18)17-20-9-15(19)10-21-17/h9-10,14,16H,2-8,11-13H2,1H3/t16-/m0/s1. The molecule has 3 fully saturated rings. The largest absolute Gasteiger partial charge is 0.380 e. The number of likely N-dealkylation sites (N-methyl/N-ethyl adjacent to an activating group) is 1. The van der Waals surface area contributed by atoms with Crippen molar-refractivity contribution >= 4 is 5.95 Å². The lowest BCUT2D eigenvalue weighted by molar-refractivity contribution is 0.0786. The molecule has 2 aliphatic heterocycles. The molecule has 3 aliphatic rings. The van der Waals surface area contributed by atoms with Gasteiger partial charge in [0.25, 0.3) is 0 Å². The Morgan fingerprint density at radius 1 is 1.21 bits per heavy atom. The van der Waals surface area contributed by atoms with Crippen LogP contribution < -0.4 is 4.90 Å². The molecular weight excluding hydrogens is 307 g/mol. The molecule has 1 aliphatic carbocycles. The van der Waals surface area contributed by atoms with E-state index < -0.39 is 0 Å². The fourth-order valence-electron chi connectivity index (χ4n) is 4.23. The molecule has 1 atom stereocenters. The molecule has 0 unspecified atom stereocenters. The maximum atomic E-state index is 13.0. The van der Waals surface area contributed by atoms with Crippen LogP contribution in [-0.2, 0) is 4.74 Å². The summed E-state index contributed by atoms with van der Waals surface area (Å²) in [5.74, 6) is 1.12. The fourth-order valence-corrected chi connectivity index (χ4v) is 4.23. The summed E-state index contributed by atoms with van der Waals surface area (Å²) in [7, 11) is 2.23. The molecule has 4 rings (SSSR count). The van der Waals surface area contributed by atoms with Crippen molar-refractivity contribution in [2.24, 2.45) is 11.3 Å². The van der Waals surface area contributed by atoms with Crippen molar-refractivity contribution in [3.8, 4) is 0 Å². The van der Waals surface area contributed by atoms with Gasteiger partial charge in [-0.3, -0.25) is 0 Å². The number of nitrogens with zero attached hydrogens (tertiary/aromatic N) is 4. The predicted octanol–water partition coefficient (Wildman–Crippen LogP) is 2.33. The molecule has 5 nitrogen and oxygen atoms in total. The molecular formula is C18H27FN4O. The van der Waals surface area contributed by atoms with Crippen molar-refractivity contribution in [1.29, 1.82) is 0 Å². The van der Waals surface area contributed by atoms with Crippen LogP contribution >= 0.6 is 0 Å². The van der Waals surface area contributed by atoms with Crippen molar-refractivity contribution in [1.82, 2.24) is 14.9 Å². The molecule has 0 N–H and O–H groups in total. The first-order valence-electron chi connectivity index (χ1n) is 9.14. The van der Waals surface area contributed by atoms with E-state index in [4.69, 9.17) is 4.74 Å². The fraction of sp³-hybridized carbons (Fsp3) is 0.778. The Morgan fingerprint density at radius 3 is 2.58 bits per heavy atom. The van der Waals surface area contributed by atoms with Crippen molar-refractivity contribution in [3.05, 3.63) is 18.2 Å². The summed E-state index contributed by atoms with van der Waals surface area (Å²) in [5, 5.41) is 0. The lowest BCUT2D eigenvalue weighted by atomic mass is 9.76. The topological polar surface area (TPSA) is 41.5 Å². The average molecular weight is 334 g/mol. The Bertz CT molecular complexity index is 555. The molecule has 1 saturated carbocycles. The Labute approximate surface area is 143 Å². The van der Waals surface area contributed by atoms with E-state index in [2.05, 4.69) is 26.8 Å². The first kappa shape index (κ1) is 16.2. The van der Waals surface area contributed by atoms with Crippen LogP contribution in [0.5, 0.6) is 0 Å². The highest BCUT2D eigenvalue weighted by atomic mass is 19.1. The third-order valence-corrected chi connectivity index (χ3v) is 5.95. The Kier molecular flexibility index (Phi) is 4.43. The van der Waals surface area contributed by atoms with Crippen molar-refractivity contribution < 1.29 is 9.13 Å². The van der Waals surface area contributed by atoms with Gasteiger partial charge in [0.15, 0.2) is 5.82 Å². The van der Waals surface area contributed by atoms with E-state index in [9.17, 15) is 4.39 Å². The molecule has 1 spiro atoms. The van der Waals surface area contributed by atoms with Gasteiger partial charge in [0.2, 0.25) is 5.95 Å². The lowest BCUT2D eigenvalue weighted by Crippen LogP contribution is -2.42. The molecule has 0 radical (unpaired) electrons. The van der Waals surface area contributed by atoms with Crippen molar-refractivity contribution in [3.63, 3.8) is 0 Å². The minimum Gasteiger partial charge on any atom is -0.380 e. The Hall–Kier alpha value is -1.27. The van der Waals surface area contributed by atoms with Gasteiger partial charge in [0.1, 0.15) is 0 Å². The summed E-state index contributed by atoms with van der Waals surface area (Å²) < 4.78 is 18.9. The maximum absolute atomic E-state index is 13.0. The zero-order valence-corrected chi connectivity index (χ0v) is 14.5. The molecule has 0 aromatic carbocycles. The lowest BCUT2D eigenvalue weighted by Gasteiger charge is -2.39. The molecule has 2 saturated heterocycles. The summed E-state index contributed by atoms with van der Waals surface area (Å²) in [6.45, 7) is 4.89. The number of halogens is 1. The number of rotatable bonds is 5. The molecule has 1 aromatic rings. The monoisotopic (exact) mass is 334 g/mol. The van der Waals surface area contributed by atoms with Gasteiger partial charge in [-0.25, -0.2) is 14.4 Å². The highest BCUT2D eigenvalue weighted by Crippen LogP contribution is 2.43. The first-order chi connectivity index (χ1) is 11.6. The number of aromatic nitrogens is 2. The smallest absolute Gasteiger partial charge is 0.225 e. The van der Waals surface area contributed by atoms with Gasteiger partial charge in [-0.1, -0.05) is 0 Å². The van der Waals surface area contributed by atoms with Crippen LogP contribution in [0, 0.1) is 17.2 Å². The SMILES string of the molecule is CN1CC2(CCN(c3ncc(F)cn3)CC2)C[C@H]1COCC1CC1. The zero-order valence-electron chi connectivity index (χ0n) is 14.5. The van der Waals surface area contributed by atoms with E-state index in [1.54, 1.807) is 0 Å². The van der Waals surface area contributed by atoms with Gasteiger partial charge in [0.05, 0.1) is 19.0 Å². The molecule has 1 aromatic heterocycles. The minimum absolute atomic E-state index is 0.376. The van der Waals surface area contributed by atoms with Crippen molar-refractivity contribution in [2.45, 2.75) is 38.1 Å². The quantitative estimate of drug-likeness (QED) is 0.827. The number of ether oxygens (including phenoxy) is 1. The second-order valence-electron chi connectivity index (χ2n) is 7.94. The summed E-state index contributed by atoms with van der Waals surface area (Å²) in [6, 6.07) is 0.553.